The molecule has 1 amide bonds. The zero-order valence-corrected chi connectivity index (χ0v) is 13.6. The Morgan fingerprint density at radius 1 is 1.20 bits per heavy atom. The fraction of sp³-hybridized carbons (Fsp3) is 0.278. The summed E-state index contributed by atoms with van der Waals surface area (Å²) in [7, 11) is 0. The Hall–Kier alpha value is -3.09. The van der Waals surface area contributed by atoms with E-state index in [4.69, 9.17) is 0 Å². The van der Waals surface area contributed by atoms with E-state index in [1.165, 1.54) is 10.9 Å². The van der Waals surface area contributed by atoms with Gasteiger partial charge in [0.15, 0.2) is 5.65 Å². The van der Waals surface area contributed by atoms with Gasteiger partial charge in [-0.25, -0.2) is 15.0 Å². The van der Waals surface area contributed by atoms with Crippen LogP contribution in [0.4, 0.5) is 5.82 Å². The number of fused-ring (bicyclic) bond motifs is 2. The number of hydrogen-bond donors (Lipinski definition) is 1. The van der Waals surface area contributed by atoms with E-state index in [2.05, 4.69) is 20.3 Å². The molecule has 4 rings (SSSR count). The van der Waals surface area contributed by atoms with Gasteiger partial charge in [-0.2, -0.15) is 0 Å². The molecule has 0 aromatic carbocycles. The quantitative estimate of drug-likeness (QED) is 0.787. The highest BCUT2D eigenvalue weighted by Gasteiger charge is 2.15. The van der Waals surface area contributed by atoms with Crippen LogP contribution in [0.2, 0.25) is 0 Å². The van der Waals surface area contributed by atoms with Crippen LogP contribution in [0.25, 0.3) is 11.0 Å². The van der Waals surface area contributed by atoms with Crippen molar-refractivity contribution in [3.05, 3.63) is 58.4 Å². The van der Waals surface area contributed by atoms with Gasteiger partial charge in [-0.15, -0.1) is 0 Å². The number of amides is 1. The highest BCUT2D eigenvalue weighted by Crippen LogP contribution is 2.21. The van der Waals surface area contributed by atoms with Gasteiger partial charge in [0.05, 0.1) is 5.39 Å². The summed E-state index contributed by atoms with van der Waals surface area (Å²) in [5.74, 6) is 0.123. The van der Waals surface area contributed by atoms with Gasteiger partial charge in [-0.1, -0.05) is 6.07 Å². The lowest BCUT2D eigenvalue weighted by molar-refractivity contribution is -0.116. The van der Waals surface area contributed by atoms with E-state index in [-0.39, 0.29) is 18.0 Å². The zero-order valence-electron chi connectivity index (χ0n) is 13.6. The van der Waals surface area contributed by atoms with Gasteiger partial charge in [0.25, 0.3) is 5.56 Å². The van der Waals surface area contributed by atoms with Crippen LogP contribution in [0.3, 0.4) is 0 Å². The molecule has 7 heteroatoms. The first-order chi connectivity index (χ1) is 12.2. The minimum absolute atomic E-state index is 0.116. The largest absolute Gasteiger partial charge is 0.309 e. The van der Waals surface area contributed by atoms with Crippen LogP contribution in [0.1, 0.15) is 24.1 Å². The number of rotatable bonds is 3. The van der Waals surface area contributed by atoms with Crippen LogP contribution in [0.5, 0.6) is 0 Å². The number of aromatic nitrogens is 4. The van der Waals surface area contributed by atoms with Gasteiger partial charge in [0.1, 0.15) is 18.7 Å². The lowest BCUT2D eigenvalue weighted by atomic mass is 9.95. The van der Waals surface area contributed by atoms with Crippen molar-refractivity contribution >= 4 is 22.8 Å². The summed E-state index contributed by atoms with van der Waals surface area (Å²) in [5, 5.41) is 3.13. The molecular formula is C18H17N5O2. The SMILES string of the molecule is O=C(Cn1cnc2nc3c(cc2c1=O)CCCC3)Nc1ccccn1. The molecule has 1 aliphatic carbocycles. The summed E-state index contributed by atoms with van der Waals surface area (Å²) in [6.45, 7) is -0.116. The molecule has 1 N–H and O–H groups in total. The first-order valence-electron chi connectivity index (χ1n) is 8.29. The maximum Gasteiger partial charge on any atom is 0.263 e. The van der Waals surface area contributed by atoms with Crippen molar-refractivity contribution in [2.45, 2.75) is 32.2 Å². The van der Waals surface area contributed by atoms with Crippen molar-refractivity contribution in [2.24, 2.45) is 0 Å². The van der Waals surface area contributed by atoms with Gasteiger partial charge in [0, 0.05) is 11.9 Å². The average Bonchev–Trinajstić information content (AvgIpc) is 2.64. The standard InChI is InChI=1S/C18H17N5O2/c24-16(22-15-7-3-4-8-19-15)10-23-11-20-17-13(18(23)25)9-12-5-1-2-6-14(12)21-17/h3-4,7-9,11H,1-2,5-6,10H2,(H,19,22,24). The molecule has 0 radical (unpaired) electrons. The predicted octanol–water partition coefficient (Wildman–Crippen LogP) is 1.70. The molecular weight excluding hydrogens is 318 g/mol. The Bertz CT molecular complexity index is 998. The second kappa shape index (κ2) is 6.43. The lowest BCUT2D eigenvalue weighted by Gasteiger charge is -2.15. The highest BCUT2D eigenvalue weighted by molar-refractivity contribution is 5.89. The summed E-state index contributed by atoms with van der Waals surface area (Å²) in [6.07, 6.45) is 7.08. The second-order valence-electron chi connectivity index (χ2n) is 6.11. The van der Waals surface area contributed by atoms with E-state index in [1.807, 2.05) is 6.07 Å². The Morgan fingerprint density at radius 2 is 2.08 bits per heavy atom. The molecule has 3 aromatic rings. The Balaban J connectivity index is 1.63. The van der Waals surface area contributed by atoms with Gasteiger partial charge in [-0.05, 0) is 49.4 Å². The highest BCUT2D eigenvalue weighted by atomic mass is 16.2. The molecule has 0 atom stereocenters. The van der Waals surface area contributed by atoms with Gasteiger partial charge in [-0.3, -0.25) is 14.2 Å². The van der Waals surface area contributed by atoms with Crippen LogP contribution >= 0.6 is 0 Å². The van der Waals surface area contributed by atoms with E-state index in [0.717, 1.165) is 36.9 Å². The number of pyridine rings is 2. The molecule has 25 heavy (non-hydrogen) atoms. The van der Waals surface area contributed by atoms with E-state index in [9.17, 15) is 9.59 Å². The van der Waals surface area contributed by atoms with E-state index in [1.54, 1.807) is 24.4 Å². The van der Waals surface area contributed by atoms with Crippen molar-refractivity contribution in [3.63, 3.8) is 0 Å². The molecule has 0 saturated carbocycles. The van der Waals surface area contributed by atoms with Crippen LogP contribution in [-0.4, -0.2) is 25.4 Å². The van der Waals surface area contributed by atoms with Crippen LogP contribution in [0.15, 0.2) is 41.6 Å². The third kappa shape index (κ3) is 3.13. The van der Waals surface area contributed by atoms with Crippen molar-refractivity contribution in [3.8, 4) is 0 Å². The molecule has 7 nitrogen and oxygen atoms in total. The average molecular weight is 335 g/mol. The maximum atomic E-state index is 12.7. The topological polar surface area (TPSA) is 89.8 Å². The Labute approximate surface area is 143 Å². The second-order valence-corrected chi connectivity index (χ2v) is 6.11. The molecule has 0 spiro atoms. The summed E-state index contributed by atoms with van der Waals surface area (Å²) in [4.78, 5) is 37.7. The Kier molecular flexibility index (Phi) is 3.97. The molecule has 0 unspecified atom stereocenters. The monoisotopic (exact) mass is 335 g/mol. The number of nitrogens with one attached hydrogen (secondary N) is 1. The summed E-state index contributed by atoms with van der Waals surface area (Å²) in [5.41, 5.74) is 2.36. The summed E-state index contributed by atoms with van der Waals surface area (Å²) < 4.78 is 1.30. The van der Waals surface area contributed by atoms with Gasteiger partial charge in [0.2, 0.25) is 5.91 Å². The molecule has 0 aliphatic heterocycles. The van der Waals surface area contributed by atoms with Crippen molar-refractivity contribution < 1.29 is 4.79 Å². The number of carbonyl (C=O) groups excluding carboxylic acids is 1. The predicted molar refractivity (Wildman–Crippen MR) is 93.3 cm³/mol. The third-order valence-electron chi connectivity index (χ3n) is 4.34. The fourth-order valence-electron chi connectivity index (χ4n) is 3.10. The van der Waals surface area contributed by atoms with E-state index < -0.39 is 0 Å². The molecule has 1 aliphatic rings. The number of nitrogens with zero attached hydrogens (tertiary/aromatic N) is 4. The smallest absolute Gasteiger partial charge is 0.263 e. The zero-order chi connectivity index (χ0) is 17.2. The van der Waals surface area contributed by atoms with Crippen LogP contribution in [-0.2, 0) is 24.2 Å². The first-order valence-corrected chi connectivity index (χ1v) is 8.29. The number of hydrogen-bond acceptors (Lipinski definition) is 5. The van der Waals surface area contributed by atoms with Crippen molar-refractivity contribution in [2.75, 3.05) is 5.32 Å². The number of carbonyl (C=O) groups is 1. The van der Waals surface area contributed by atoms with E-state index in [0.29, 0.717) is 16.9 Å². The fourth-order valence-corrected chi connectivity index (χ4v) is 3.10. The van der Waals surface area contributed by atoms with Gasteiger partial charge < -0.3 is 5.32 Å². The number of anilines is 1. The van der Waals surface area contributed by atoms with Gasteiger partial charge >= 0.3 is 0 Å². The lowest BCUT2D eigenvalue weighted by Crippen LogP contribution is -2.28. The van der Waals surface area contributed by atoms with Crippen LogP contribution < -0.4 is 10.9 Å². The summed E-state index contributed by atoms with van der Waals surface area (Å²) >= 11 is 0. The maximum absolute atomic E-state index is 12.7. The minimum atomic E-state index is -0.326. The van der Waals surface area contributed by atoms with Crippen LogP contribution in [0, 0.1) is 0 Å². The Morgan fingerprint density at radius 3 is 2.92 bits per heavy atom. The first kappa shape index (κ1) is 15.4. The van der Waals surface area contributed by atoms with E-state index >= 15 is 0 Å². The minimum Gasteiger partial charge on any atom is -0.309 e. The number of aryl methyl sites for hydroxylation is 2. The molecule has 0 fully saturated rings. The molecule has 0 bridgehead atoms. The molecule has 3 heterocycles. The normalized spacial score (nSPS) is 13.4. The van der Waals surface area contributed by atoms with Crippen molar-refractivity contribution in [1.82, 2.24) is 19.5 Å². The van der Waals surface area contributed by atoms with Crippen molar-refractivity contribution in [1.29, 1.82) is 0 Å². The third-order valence-corrected chi connectivity index (χ3v) is 4.34. The molecule has 3 aromatic heterocycles. The summed E-state index contributed by atoms with van der Waals surface area (Å²) in [6, 6.07) is 7.12. The molecule has 0 saturated heterocycles. The molecule has 126 valence electrons.